The summed E-state index contributed by atoms with van der Waals surface area (Å²) in [7, 11) is 3.16. The molecule has 0 unspecified atom stereocenters. The van der Waals surface area contributed by atoms with E-state index in [0.29, 0.717) is 23.1 Å². The van der Waals surface area contributed by atoms with Crippen molar-refractivity contribution in [3.63, 3.8) is 0 Å². The van der Waals surface area contributed by atoms with E-state index in [-0.39, 0.29) is 16.5 Å². The number of hydrogen-bond acceptors (Lipinski definition) is 9. The molecule has 2 heterocycles. The number of ether oxygens (including phenoxy) is 2. The SMILES string of the molecule is COc1ccc(-c2cc(SC)nc(Nc3nc(Cl)nc(Cl)n3)n2)cc1OC. The normalized spacial score (nSPS) is 10.6. The lowest BCUT2D eigenvalue weighted by molar-refractivity contribution is 0.355. The summed E-state index contributed by atoms with van der Waals surface area (Å²) in [5.41, 5.74) is 1.52. The summed E-state index contributed by atoms with van der Waals surface area (Å²) in [5, 5.41) is 3.59. The van der Waals surface area contributed by atoms with E-state index >= 15 is 0 Å². The topological polar surface area (TPSA) is 94.9 Å². The number of anilines is 2. The second kappa shape index (κ2) is 8.55. The molecule has 0 saturated heterocycles. The van der Waals surface area contributed by atoms with Gasteiger partial charge in [-0.15, -0.1) is 11.8 Å². The summed E-state index contributed by atoms with van der Waals surface area (Å²) < 4.78 is 10.6. The van der Waals surface area contributed by atoms with E-state index in [2.05, 4.69) is 30.2 Å². The molecule has 0 aliphatic carbocycles. The third-order valence-electron chi connectivity index (χ3n) is 3.40. The zero-order valence-electron chi connectivity index (χ0n) is 14.5. The van der Waals surface area contributed by atoms with Crippen LogP contribution >= 0.6 is 35.0 Å². The van der Waals surface area contributed by atoms with Gasteiger partial charge in [0.05, 0.1) is 19.9 Å². The van der Waals surface area contributed by atoms with Gasteiger partial charge in [-0.1, -0.05) is 0 Å². The van der Waals surface area contributed by atoms with Crippen LogP contribution in [0, 0.1) is 0 Å². The van der Waals surface area contributed by atoms with Gasteiger partial charge in [-0.3, -0.25) is 5.32 Å². The van der Waals surface area contributed by atoms with Crippen LogP contribution in [0.4, 0.5) is 11.9 Å². The first-order valence-electron chi connectivity index (χ1n) is 7.52. The molecule has 0 atom stereocenters. The summed E-state index contributed by atoms with van der Waals surface area (Å²) in [5.74, 6) is 1.68. The maximum Gasteiger partial charge on any atom is 0.235 e. The van der Waals surface area contributed by atoms with Crippen LogP contribution in [-0.2, 0) is 0 Å². The maximum atomic E-state index is 5.81. The molecule has 8 nitrogen and oxygen atoms in total. The Morgan fingerprint density at radius 2 is 1.52 bits per heavy atom. The van der Waals surface area contributed by atoms with Crippen LogP contribution in [0.2, 0.25) is 10.6 Å². The molecule has 0 aliphatic heterocycles. The maximum absolute atomic E-state index is 5.81. The Morgan fingerprint density at radius 1 is 0.852 bits per heavy atom. The minimum atomic E-state index is -0.0290. The summed E-state index contributed by atoms with van der Waals surface area (Å²) in [4.78, 5) is 20.6. The molecule has 0 amide bonds. The molecule has 0 spiro atoms. The number of halogens is 2. The van der Waals surface area contributed by atoms with Gasteiger partial charge in [-0.05, 0) is 53.7 Å². The first kappa shape index (κ1) is 19.4. The van der Waals surface area contributed by atoms with Crippen molar-refractivity contribution in [2.75, 3.05) is 25.8 Å². The molecule has 27 heavy (non-hydrogen) atoms. The van der Waals surface area contributed by atoms with Crippen molar-refractivity contribution in [2.24, 2.45) is 0 Å². The summed E-state index contributed by atoms with van der Waals surface area (Å²) in [6.07, 6.45) is 1.92. The number of methoxy groups -OCH3 is 2. The van der Waals surface area contributed by atoms with E-state index < -0.39 is 0 Å². The molecule has 2 aromatic heterocycles. The van der Waals surface area contributed by atoms with Gasteiger partial charge in [0.25, 0.3) is 0 Å². The van der Waals surface area contributed by atoms with Gasteiger partial charge < -0.3 is 9.47 Å². The highest BCUT2D eigenvalue weighted by atomic mass is 35.5. The van der Waals surface area contributed by atoms with Crippen LogP contribution in [0.3, 0.4) is 0 Å². The molecular formula is C16H14Cl2N6O2S. The summed E-state index contributed by atoms with van der Waals surface area (Å²) >= 11 is 13.1. The number of hydrogen-bond donors (Lipinski definition) is 1. The minimum Gasteiger partial charge on any atom is -0.493 e. The van der Waals surface area contributed by atoms with Crippen LogP contribution in [0.5, 0.6) is 11.5 Å². The number of aromatic nitrogens is 5. The van der Waals surface area contributed by atoms with Gasteiger partial charge in [0.15, 0.2) is 11.5 Å². The third-order valence-corrected chi connectivity index (χ3v) is 4.36. The summed E-state index contributed by atoms with van der Waals surface area (Å²) in [6, 6.07) is 7.40. The largest absolute Gasteiger partial charge is 0.493 e. The molecule has 0 aliphatic rings. The first-order valence-corrected chi connectivity index (χ1v) is 9.50. The average molecular weight is 425 g/mol. The van der Waals surface area contributed by atoms with Gasteiger partial charge >= 0.3 is 0 Å². The van der Waals surface area contributed by atoms with Crippen molar-refractivity contribution in [1.29, 1.82) is 0 Å². The highest BCUT2D eigenvalue weighted by Gasteiger charge is 2.12. The lowest BCUT2D eigenvalue weighted by Gasteiger charge is -2.11. The Labute approximate surface area is 169 Å². The number of benzene rings is 1. The van der Waals surface area contributed by atoms with Crippen LogP contribution in [0.1, 0.15) is 0 Å². The van der Waals surface area contributed by atoms with E-state index in [1.165, 1.54) is 11.8 Å². The zero-order chi connectivity index (χ0) is 19.4. The average Bonchev–Trinajstić information content (AvgIpc) is 2.66. The number of nitrogens with one attached hydrogen (secondary N) is 1. The van der Waals surface area contributed by atoms with Crippen LogP contribution in [-0.4, -0.2) is 45.4 Å². The van der Waals surface area contributed by atoms with Gasteiger partial charge in [0.2, 0.25) is 22.5 Å². The lowest BCUT2D eigenvalue weighted by Crippen LogP contribution is -2.04. The molecule has 0 bridgehead atoms. The lowest BCUT2D eigenvalue weighted by atomic mass is 10.1. The smallest absolute Gasteiger partial charge is 0.235 e. The fourth-order valence-corrected chi connectivity index (χ4v) is 2.98. The minimum absolute atomic E-state index is 0.0290. The van der Waals surface area contributed by atoms with E-state index in [1.807, 2.05) is 30.5 Å². The molecule has 1 aromatic carbocycles. The molecule has 3 rings (SSSR count). The Morgan fingerprint density at radius 3 is 2.15 bits per heavy atom. The molecule has 1 N–H and O–H groups in total. The molecule has 0 radical (unpaired) electrons. The van der Waals surface area contributed by atoms with Crippen LogP contribution < -0.4 is 14.8 Å². The predicted octanol–water partition coefficient (Wildman–Crippen LogP) is 4.12. The first-order chi connectivity index (χ1) is 13.0. The molecule has 3 aromatic rings. The Hall–Kier alpha value is -2.36. The van der Waals surface area contributed by atoms with Crippen LogP contribution in [0.15, 0.2) is 29.3 Å². The van der Waals surface area contributed by atoms with E-state index in [9.17, 15) is 0 Å². The van der Waals surface area contributed by atoms with Crippen LogP contribution in [0.25, 0.3) is 11.3 Å². The Kier molecular flexibility index (Phi) is 6.15. The standard InChI is InChI=1S/C16H14Cl2N6O2S/c1-25-10-5-4-8(6-11(10)26-2)9-7-12(27-3)20-15(19-9)24-16-22-13(17)21-14(18)23-16/h4-7H,1-3H3,(H,19,20,21,22,23,24). The van der Waals surface area contributed by atoms with Crippen molar-refractivity contribution in [1.82, 2.24) is 24.9 Å². The fraction of sp³-hybridized carbons (Fsp3) is 0.188. The van der Waals surface area contributed by atoms with Gasteiger partial charge in [-0.2, -0.15) is 15.0 Å². The highest BCUT2D eigenvalue weighted by Crippen LogP contribution is 2.33. The Bertz CT molecular complexity index is 955. The van der Waals surface area contributed by atoms with Crippen molar-refractivity contribution in [2.45, 2.75) is 5.03 Å². The van der Waals surface area contributed by atoms with Gasteiger partial charge in [0.1, 0.15) is 5.03 Å². The van der Waals surface area contributed by atoms with Gasteiger partial charge in [-0.25, -0.2) is 9.97 Å². The van der Waals surface area contributed by atoms with E-state index in [4.69, 9.17) is 32.7 Å². The third kappa shape index (κ3) is 4.68. The zero-order valence-corrected chi connectivity index (χ0v) is 16.9. The summed E-state index contributed by atoms with van der Waals surface area (Å²) in [6.45, 7) is 0. The molecule has 0 saturated carbocycles. The molecule has 0 fully saturated rings. The number of rotatable bonds is 6. The fourth-order valence-electron chi connectivity index (χ4n) is 2.21. The molecule has 140 valence electrons. The highest BCUT2D eigenvalue weighted by molar-refractivity contribution is 7.98. The molecular weight excluding hydrogens is 411 g/mol. The second-order valence-electron chi connectivity index (χ2n) is 5.01. The van der Waals surface area contributed by atoms with E-state index in [0.717, 1.165) is 10.6 Å². The van der Waals surface area contributed by atoms with Crippen molar-refractivity contribution in [3.8, 4) is 22.8 Å². The quantitative estimate of drug-likeness (QED) is 0.462. The van der Waals surface area contributed by atoms with Crippen molar-refractivity contribution >= 4 is 46.9 Å². The monoisotopic (exact) mass is 424 g/mol. The van der Waals surface area contributed by atoms with Gasteiger partial charge in [0, 0.05) is 5.56 Å². The van der Waals surface area contributed by atoms with Crippen molar-refractivity contribution in [3.05, 3.63) is 34.8 Å². The molecule has 11 heteroatoms. The van der Waals surface area contributed by atoms with E-state index in [1.54, 1.807) is 14.2 Å². The number of nitrogens with zero attached hydrogens (tertiary/aromatic N) is 5. The second-order valence-corrected chi connectivity index (χ2v) is 6.51. The predicted molar refractivity (Wildman–Crippen MR) is 105 cm³/mol. The number of thioether (sulfide) groups is 1. The Balaban J connectivity index is 2.01. The van der Waals surface area contributed by atoms with Crippen molar-refractivity contribution < 1.29 is 9.47 Å².